The first-order valence-corrected chi connectivity index (χ1v) is 8.37. The van der Waals surface area contributed by atoms with Crippen molar-refractivity contribution in [1.82, 2.24) is 0 Å². The van der Waals surface area contributed by atoms with Gasteiger partial charge in [0.2, 0.25) is 0 Å². The summed E-state index contributed by atoms with van der Waals surface area (Å²) in [6.07, 6.45) is 0. The number of ether oxygens (including phenoxy) is 1. The van der Waals surface area contributed by atoms with Crippen LogP contribution in [0.4, 0.5) is 5.69 Å². The van der Waals surface area contributed by atoms with Crippen LogP contribution in [0.25, 0.3) is 0 Å². The highest BCUT2D eigenvalue weighted by Crippen LogP contribution is 2.37. The Kier molecular flexibility index (Phi) is 4.05. The molecular weight excluding hydrogens is 342 g/mol. The fraction of sp³-hybridized carbons (Fsp3) is 0.0455. The lowest BCUT2D eigenvalue weighted by molar-refractivity contribution is 0.0976. The van der Waals surface area contributed by atoms with Gasteiger partial charge in [-0.3, -0.25) is 14.4 Å². The second-order valence-corrected chi connectivity index (χ2v) is 6.09. The monoisotopic (exact) mass is 357 g/mol. The van der Waals surface area contributed by atoms with Gasteiger partial charge in [-0.25, -0.2) is 0 Å². The van der Waals surface area contributed by atoms with Crippen LogP contribution in [0.3, 0.4) is 0 Å². The second-order valence-electron chi connectivity index (χ2n) is 6.09. The number of amides is 1. The van der Waals surface area contributed by atoms with E-state index in [0.29, 0.717) is 22.4 Å². The van der Waals surface area contributed by atoms with Gasteiger partial charge >= 0.3 is 0 Å². The van der Waals surface area contributed by atoms with Crippen molar-refractivity contribution >= 4 is 23.2 Å². The fourth-order valence-corrected chi connectivity index (χ4v) is 3.25. The Bertz CT molecular complexity index is 1090. The van der Waals surface area contributed by atoms with Crippen molar-refractivity contribution in [3.63, 3.8) is 0 Å². The maximum Gasteiger partial charge on any atom is 0.255 e. The molecule has 3 aromatic rings. The molecular formula is C22H15NO4. The number of rotatable bonds is 3. The van der Waals surface area contributed by atoms with Crippen molar-refractivity contribution in [3.8, 4) is 5.75 Å². The molecule has 1 aliphatic carbocycles. The number of carbonyl (C=O) groups is 3. The second kappa shape index (κ2) is 6.53. The lowest BCUT2D eigenvalue weighted by Crippen LogP contribution is -2.24. The van der Waals surface area contributed by atoms with E-state index in [2.05, 4.69) is 5.32 Å². The molecule has 132 valence electrons. The largest absolute Gasteiger partial charge is 0.496 e. The molecule has 5 nitrogen and oxygen atoms in total. The molecule has 0 fully saturated rings. The molecule has 3 aromatic carbocycles. The Hall–Kier alpha value is -3.73. The van der Waals surface area contributed by atoms with Gasteiger partial charge in [0, 0.05) is 16.7 Å². The molecule has 0 aromatic heterocycles. The van der Waals surface area contributed by atoms with Gasteiger partial charge in [0.05, 0.1) is 23.9 Å². The van der Waals surface area contributed by atoms with Gasteiger partial charge in [-0.1, -0.05) is 42.5 Å². The molecule has 0 bridgehead atoms. The zero-order chi connectivity index (χ0) is 19.0. The van der Waals surface area contributed by atoms with E-state index < -0.39 is 0 Å². The Morgan fingerprint density at radius 3 is 2.00 bits per heavy atom. The number of hydrogen-bond donors (Lipinski definition) is 1. The normalized spacial score (nSPS) is 12.2. The Morgan fingerprint density at radius 1 is 0.778 bits per heavy atom. The number of methoxy groups -OCH3 is 1. The number of ketones is 2. The number of anilines is 1. The van der Waals surface area contributed by atoms with Crippen molar-refractivity contribution in [2.24, 2.45) is 0 Å². The number of fused-ring (bicyclic) bond motifs is 2. The summed E-state index contributed by atoms with van der Waals surface area (Å²) in [7, 11) is 1.44. The summed E-state index contributed by atoms with van der Waals surface area (Å²) >= 11 is 0. The molecule has 1 aliphatic rings. The van der Waals surface area contributed by atoms with E-state index in [1.807, 2.05) is 6.07 Å². The lowest BCUT2D eigenvalue weighted by atomic mass is 9.82. The molecule has 27 heavy (non-hydrogen) atoms. The highest BCUT2D eigenvalue weighted by molar-refractivity contribution is 6.31. The highest BCUT2D eigenvalue weighted by atomic mass is 16.5. The number of nitrogens with one attached hydrogen (secondary N) is 1. The van der Waals surface area contributed by atoms with Crippen molar-refractivity contribution in [2.45, 2.75) is 0 Å². The third kappa shape index (κ3) is 2.69. The molecule has 0 saturated carbocycles. The van der Waals surface area contributed by atoms with Gasteiger partial charge in [0.1, 0.15) is 5.75 Å². The minimum absolute atomic E-state index is 0.155. The first kappa shape index (κ1) is 16.7. The zero-order valence-corrected chi connectivity index (χ0v) is 14.5. The Morgan fingerprint density at radius 2 is 1.37 bits per heavy atom. The molecule has 4 rings (SSSR count). The number of carbonyl (C=O) groups excluding carboxylic acids is 3. The van der Waals surface area contributed by atoms with Gasteiger partial charge in [-0.05, 0) is 24.3 Å². The zero-order valence-electron chi connectivity index (χ0n) is 14.5. The van der Waals surface area contributed by atoms with E-state index >= 15 is 0 Å². The van der Waals surface area contributed by atoms with E-state index in [4.69, 9.17) is 4.74 Å². The number of hydrogen-bond acceptors (Lipinski definition) is 4. The molecule has 0 aliphatic heterocycles. The van der Waals surface area contributed by atoms with Gasteiger partial charge in [-0.15, -0.1) is 0 Å². The van der Waals surface area contributed by atoms with Gasteiger partial charge < -0.3 is 10.1 Å². The van der Waals surface area contributed by atoms with E-state index in [9.17, 15) is 14.4 Å². The van der Waals surface area contributed by atoms with E-state index in [1.165, 1.54) is 7.11 Å². The summed E-state index contributed by atoms with van der Waals surface area (Å²) in [6, 6.07) is 18.5. The van der Waals surface area contributed by atoms with Crippen molar-refractivity contribution in [1.29, 1.82) is 0 Å². The van der Waals surface area contributed by atoms with Crippen molar-refractivity contribution < 1.29 is 19.1 Å². The molecule has 1 N–H and O–H groups in total. The summed E-state index contributed by atoms with van der Waals surface area (Å²) in [5.74, 6) is -0.673. The summed E-state index contributed by atoms with van der Waals surface area (Å²) in [6.45, 7) is 0. The smallest absolute Gasteiger partial charge is 0.255 e. The molecule has 0 radical (unpaired) electrons. The third-order valence-corrected chi connectivity index (χ3v) is 4.54. The molecule has 0 spiro atoms. The standard InChI is InChI=1S/C22H15NO4/c1-27-17-12-11-16(23-22(26)13-7-3-2-4-8-13)18-19(17)21(25)15-10-6-5-9-14(15)20(18)24/h2-12H,1H3,(H,23,26). The number of benzene rings is 3. The van der Waals surface area contributed by atoms with E-state index in [1.54, 1.807) is 60.7 Å². The van der Waals surface area contributed by atoms with E-state index in [-0.39, 0.29) is 34.3 Å². The summed E-state index contributed by atoms with van der Waals surface area (Å²) in [4.78, 5) is 38.6. The average Bonchev–Trinajstić information content (AvgIpc) is 2.72. The van der Waals surface area contributed by atoms with Gasteiger partial charge in [-0.2, -0.15) is 0 Å². The van der Waals surface area contributed by atoms with Crippen LogP contribution in [-0.4, -0.2) is 24.6 Å². The third-order valence-electron chi connectivity index (χ3n) is 4.54. The molecule has 0 heterocycles. The highest BCUT2D eigenvalue weighted by Gasteiger charge is 2.34. The van der Waals surface area contributed by atoms with Gasteiger partial charge in [0.25, 0.3) is 5.91 Å². The van der Waals surface area contributed by atoms with Gasteiger partial charge in [0.15, 0.2) is 11.6 Å². The van der Waals surface area contributed by atoms with Crippen LogP contribution in [0.5, 0.6) is 5.75 Å². The Labute approximate surface area is 155 Å². The van der Waals surface area contributed by atoms with Crippen LogP contribution in [0.1, 0.15) is 42.2 Å². The molecule has 0 atom stereocenters. The average molecular weight is 357 g/mol. The van der Waals surface area contributed by atoms with Crippen LogP contribution in [0.15, 0.2) is 66.7 Å². The summed E-state index contributed by atoms with van der Waals surface area (Å²) in [5.41, 5.74) is 1.72. The summed E-state index contributed by atoms with van der Waals surface area (Å²) < 4.78 is 5.31. The molecule has 0 saturated heterocycles. The first-order valence-electron chi connectivity index (χ1n) is 8.37. The quantitative estimate of drug-likeness (QED) is 0.606. The van der Waals surface area contributed by atoms with E-state index in [0.717, 1.165) is 0 Å². The topological polar surface area (TPSA) is 72.5 Å². The minimum Gasteiger partial charge on any atom is -0.496 e. The van der Waals surface area contributed by atoms with Crippen LogP contribution < -0.4 is 10.1 Å². The van der Waals surface area contributed by atoms with Crippen LogP contribution in [0.2, 0.25) is 0 Å². The predicted octanol–water partition coefficient (Wildman–Crippen LogP) is 3.72. The molecule has 1 amide bonds. The van der Waals surface area contributed by atoms with Crippen molar-refractivity contribution in [2.75, 3.05) is 12.4 Å². The maximum atomic E-state index is 13.1. The van der Waals surface area contributed by atoms with Crippen LogP contribution >= 0.6 is 0 Å². The minimum atomic E-state index is -0.359. The SMILES string of the molecule is COc1ccc(NC(=O)c2ccccc2)c2c1C(=O)c1ccccc1C2=O. The maximum absolute atomic E-state index is 13.1. The van der Waals surface area contributed by atoms with Crippen molar-refractivity contribution in [3.05, 3.63) is 94.5 Å². The Balaban J connectivity index is 1.85. The molecule has 0 unspecified atom stereocenters. The molecule has 5 heteroatoms. The lowest BCUT2D eigenvalue weighted by Gasteiger charge is -2.22. The first-order chi connectivity index (χ1) is 13.1. The van der Waals surface area contributed by atoms with Crippen LogP contribution in [0, 0.1) is 0 Å². The fourth-order valence-electron chi connectivity index (χ4n) is 3.25. The van der Waals surface area contributed by atoms with Crippen LogP contribution in [-0.2, 0) is 0 Å². The predicted molar refractivity (Wildman–Crippen MR) is 101 cm³/mol. The summed E-state index contributed by atoms with van der Waals surface area (Å²) in [5, 5.41) is 2.75.